The third kappa shape index (κ3) is 24.0. The van der Waals surface area contributed by atoms with Crippen molar-refractivity contribution in [2.45, 2.75) is 365 Å². The van der Waals surface area contributed by atoms with Gasteiger partial charge in [-0.1, -0.05) is 0 Å². The molecule has 0 bridgehead atoms. The predicted octanol–water partition coefficient (Wildman–Crippen LogP) is -24.4. The molecule has 0 saturated carbocycles. The SMILES string of the molecule is CC(=O)N[C@H]1[C@H](O[C@H]2[C@@H](O)[C@@H](CO)O[C@@H](O[C@H]3[C@H](O)[C@@H](NC(C)=O)[C@H](O[C@H]4[C@@H](O)[C@@H](CO[C@@H]5O[C@H](CO)[C@@H](O[C@@H]6O[C@H](CO)[C@H](O)[C@H](O[C@H]7O[C@H](CO)[C@H](O)[C@H](O)[C@H]7O)[C@H]6O)[C@H](O)[C@H]5NC(C)=O)O[C@@H](O[C@H]5[C@H](O)[C@@H](NC(C)=O)[C@H](O[C@H]6[C@@H](O)[C@@H](CO)O[C@@H](O[C@H]7[C@H](O)[C@@H](O)[C@H](O)O[C@@H]7CO)[C@@H]6O)O[C@@H]5CO)[C@@H]4O)O[C@@H]3CO)[C@@H]2O)O[C@H](CO)[C@@H](O[C@@H]2O[C@H](CO)[C@H](O)[C@H](O)[C@H]2O)[C@@H]1O. The Hall–Kier alpha value is -4.20. The van der Waals surface area contributed by atoms with Crippen molar-refractivity contribution >= 4 is 23.6 Å². The molecule has 0 spiro atoms. The maximum atomic E-state index is 13.4. The van der Waals surface area contributed by atoms with Crippen LogP contribution in [-0.2, 0) is 119 Å². The van der Waals surface area contributed by atoms with Gasteiger partial charge in [-0.3, -0.25) is 19.2 Å². The second-order valence-corrected chi connectivity index (χ2v) is 33.8. The van der Waals surface area contributed by atoms with Crippen LogP contribution in [0.2, 0.25) is 0 Å². The van der Waals surface area contributed by atoms with Gasteiger partial charge in [-0.15, -0.1) is 0 Å². The first-order valence-electron chi connectivity index (χ1n) is 42.7. The lowest BCUT2D eigenvalue weighted by Gasteiger charge is -2.51. The minimum atomic E-state index is -2.61. The summed E-state index contributed by atoms with van der Waals surface area (Å²) in [6.45, 7) is -8.73. The number of amides is 4. The molecule has 11 aliphatic rings. The Bertz CT molecular complexity index is 3650. The van der Waals surface area contributed by atoms with Crippen molar-refractivity contribution in [1.29, 1.82) is 0 Å². The Morgan fingerprint density at radius 2 is 0.388 bits per heavy atom. The van der Waals surface area contributed by atoms with Gasteiger partial charge in [0.25, 0.3) is 0 Å². The van der Waals surface area contributed by atoms with Gasteiger partial charge in [0.1, 0.15) is 268 Å². The van der Waals surface area contributed by atoms with E-state index < -0.39 is 434 Å². The van der Waals surface area contributed by atoms with Gasteiger partial charge in [0.05, 0.1) is 72.7 Å². The molecule has 35 N–H and O–H groups in total. The van der Waals surface area contributed by atoms with Crippen LogP contribution >= 0.6 is 0 Å². The quantitative estimate of drug-likeness (QED) is 0.0280. The third-order valence-corrected chi connectivity index (χ3v) is 24.6. The Kier molecular flexibility index (Phi) is 39.7. The molecule has 0 radical (unpaired) electrons. The molecule has 55 atom stereocenters. The van der Waals surface area contributed by atoms with Crippen LogP contribution in [0.25, 0.3) is 0 Å². The summed E-state index contributed by atoms with van der Waals surface area (Å²) in [5.74, 6) is -3.99. The second-order valence-electron chi connectivity index (χ2n) is 33.8. The molecule has 0 aliphatic carbocycles. The van der Waals surface area contributed by atoms with E-state index in [1.54, 1.807) is 0 Å². The van der Waals surface area contributed by atoms with Gasteiger partial charge in [-0.05, 0) is 0 Å². The molecule has 11 saturated heterocycles. The van der Waals surface area contributed by atoms with E-state index in [2.05, 4.69) is 21.3 Å². The number of hydrogen-bond acceptors (Lipinski definition) is 56. The van der Waals surface area contributed by atoms with Crippen LogP contribution in [0.1, 0.15) is 27.7 Å². The lowest BCUT2D eigenvalue weighted by Crippen LogP contribution is -2.71. The highest BCUT2D eigenvalue weighted by molar-refractivity contribution is 5.74. The monoisotopic (exact) mass is 1960 g/mol. The molecular formula is C74H124N4O56. The minimum absolute atomic E-state index is 0.873. The zero-order valence-electron chi connectivity index (χ0n) is 71.6. The number of rotatable bonds is 35. The van der Waals surface area contributed by atoms with Crippen molar-refractivity contribution < 1.29 is 277 Å². The number of hydrogen-bond donors (Lipinski definition) is 35. The van der Waals surface area contributed by atoms with Gasteiger partial charge in [-0.25, -0.2) is 0 Å². The molecule has 11 heterocycles. The average Bonchev–Trinajstić information content (AvgIpc) is 0.760. The number of ether oxygens (including phenoxy) is 21. The fourth-order valence-electron chi connectivity index (χ4n) is 17.5. The number of carbonyl (C=O) groups excluding carboxylic acids is 4. The number of aliphatic hydroxyl groups excluding tert-OH is 31. The predicted molar refractivity (Wildman–Crippen MR) is 409 cm³/mol. The van der Waals surface area contributed by atoms with Gasteiger partial charge in [0.15, 0.2) is 69.2 Å². The van der Waals surface area contributed by atoms with Gasteiger partial charge in [0, 0.05) is 27.7 Å². The van der Waals surface area contributed by atoms with Crippen LogP contribution in [-0.4, -0.2) is 592 Å². The van der Waals surface area contributed by atoms with Crippen molar-refractivity contribution in [2.75, 3.05) is 72.7 Å². The van der Waals surface area contributed by atoms with Crippen molar-refractivity contribution in [3.63, 3.8) is 0 Å². The minimum Gasteiger partial charge on any atom is -0.394 e. The fourth-order valence-corrected chi connectivity index (χ4v) is 17.5. The topological polar surface area (TPSA) is 937 Å². The first kappa shape index (κ1) is 110. The number of aliphatic hydroxyl groups is 31. The molecular weight excluding hydrogens is 1840 g/mol. The molecule has 11 fully saturated rings. The van der Waals surface area contributed by atoms with Crippen molar-refractivity contribution in [3.8, 4) is 0 Å². The molecule has 60 heteroatoms. The molecule has 0 aromatic carbocycles. The summed E-state index contributed by atoms with van der Waals surface area (Å²) in [4.78, 5) is 52.5. The van der Waals surface area contributed by atoms with E-state index in [0.717, 1.165) is 27.7 Å². The van der Waals surface area contributed by atoms with Crippen LogP contribution in [0.15, 0.2) is 0 Å². The van der Waals surface area contributed by atoms with E-state index in [1.165, 1.54) is 0 Å². The summed E-state index contributed by atoms with van der Waals surface area (Å²) in [6, 6.07) is -8.03. The molecule has 11 aliphatic heterocycles. The van der Waals surface area contributed by atoms with Crippen LogP contribution in [0.3, 0.4) is 0 Å². The molecule has 0 unspecified atom stereocenters. The lowest BCUT2D eigenvalue weighted by atomic mass is 9.93. The van der Waals surface area contributed by atoms with Crippen molar-refractivity contribution in [1.82, 2.24) is 21.3 Å². The highest BCUT2D eigenvalue weighted by Gasteiger charge is 2.63. The Balaban J connectivity index is 0.875. The van der Waals surface area contributed by atoms with E-state index >= 15 is 0 Å². The van der Waals surface area contributed by atoms with E-state index in [4.69, 9.17) is 99.5 Å². The highest BCUT2D eigenvalue weighted by atomic mass is 16.8. The van der Waals surface area contributed by atoms with Gasteiger partial charge in [0.2, 0.25) is 23.6 Å². The van der Waals surface area contributed by atoms with Crippen molar-refractivity contribution in [2.24, 2.45) is 0 Å². The van der Waals surface area contributed by atoms with Crippen LogP contribution in [0.4, 0.5) is 0 Å². The standard InChI is InChI=1S/C74H124N4O56/c1-16(89)75-31-41(99)55(127-72-53(111)62(39(97)24(9-83)119-72)134-70-50(108)46(104)36(94)21(6-80)117-70)26(11-85)121-65(31)114-15-30-40(98)63(54(112)74(125-30)129-58-29(14-88)123-67(33(44(58)102)77-18(3)91)132-61-38(96)23(8-82)120-73(52(61)110)130-59-25(10-84)115-64(113)48(106)47(59)105)133-68-34(78-19(4)92)43(101)57(28(13-87)124-68)128-71-51(109)60(37(95)22(7-81)118-71)131-66-32(76-17(2)90)42(100)56(27(12-86)122-66)126-69-49(107)45(103)35(93)20(5-79)116-69/h20-74,79-88,93-113H,5-15H2,1-4H3,(H,75,89)(H,76,90)(H,77,91)(H,78,92)/t20-,21-,22-,23-,24-,25-,26-,27-,28-,29-,30-,31-,32-,33-,34-,35+,36+,37+,38+,39+,40+,41-,42-,43-,44-,45+,46+,47-,48-,49-,50-,51-,52-,53-,54-,55-,56-,57-,58-,59-,60+,61+,62+,63+,64-,65-,66+,67+,68+,69+,70-,71+,72+,73+,74+/m1/s1. The zero-order valence-corrected chi connectivity index (χ0v) is 71.6. The second kappa shape index (κ2) is 48.3. The third-order valence-electron chi connectivity index (χ3n) is 24.6. The average molecular weight is 1970 g/mol. The largest absolute Gasteiger partial charge is 0.394 e. The Labute approximate surface area is 757 Å². The first-order chi connectivity index (χ1) is 63.5. The van der Waals surface area contributed by atoms with Gasteiger partial charge >= 0.3 is 0 Å². The molecule has 134 heavy (non-hydrogen) atoms. The van der Waals surface area contributed by atoms with E-state index in [9.17, 15) is 177 Å². The summed E-state index contributed by atoms with van der Waals surface area (Å²) in [6.07, 6.45) is -107. The smallest absolute Gasteiger partial charge is 0.217 e. The molecule has 11 rings (SSSR count). The number of nitrogens with one attached hydrogen (secondary N) is 4. The summed E-state index contributed by atoms with van der Waals surface area (Å²) >= 11 is 0. The first-order valence-corrected chi connectivity index (χ1v) is 42.7. The highest BCUT2D eigenvalue weighted by Crippen LogP contribution is 2.42. The summed E-state index contributed by atoms with van der Waals surface area (Å²) in [5.41, 5.74) is 0. The van der Waals surface area contributed by atoms with Gasteiger partial charge in [-0.2, -0.15) is 0 Å². The number of carbonyl (C=O) groups is 4. The Morgan fingerprint density at radius 1 is 0.194 bits per heavy atom. The van der Waals surface area contributed by atoms with E-state index in [-0.39, 0.29) is 0 Å². The molecule has 4 amide bonds. The maximum absolute atomic E-state index is 13.4. The lowest BCUT2D eigenvalue weighted by molar-refractivity contribution is -0.391. The molecule has 0 aromatic heterocycles. The normalized spacial score (nSPS) is 49.8. The van der Waals surface area contributed by atoms with E-state index in [1.807, 2.05) is 0 Å². The molecule has 60 nitrogen and oxygen atoms in total. The van der Waals surface area contributed by atoms with E-state index in [0.29, 0.717) is 0 Å². The summed E-state index contributed by atoms with van der Waals surface area (Å²) < 4.78 is 123. The Morgan fingerprint density at radius 3 is 0.649 bits per heavy atom. The van der Waals surface area contributed by atoms with Gasteiger partial charge < -0.3 is 279 Å². The molecule has 776 valence electrons. The zero-order chi connectivity index (χ0) is 98.5. The van der Waals surface area contributed by atoms with Crippen LogP contribution in [0, 0.1) is 0 Å². The fraction of sp³-hybridized carbons (Fsp3) is 0.946. The van der Waals surface area contributed by atoms with Crippen molar-refractivity contribution in [3.05, 3.63) is 0 Å². The molecule has 0 aromatic rings. The van der Waals surface area contributed by atoms with Crippen LogP contribution in [0.5, 0.6) is 0 Å². The summed E-state index contributed by atoms with van der Waals surface area (Å²) in [5, 5.41) is 354. The maximum Gasteiger partial charge on any atom is 0.217 e. The van der Waals surface area contributed by atoms with Crippen LogP contribution < -0.4 is 21.3 Å². The summed E-state index contributed by atoms with van der Waals surface area (Å²) in [7, 11) is 0.